The standard InChI is InChI=1S/C13H10N6O/c14-13(20)9-5-10(7-16-6-9)19-4-1-11(18-19)12-8-15-2-3-17-12/h1-8H,(H2,14,20). The van der Waals surface area contributed by atoms with E-state index in [9.17, 15) is 4.79 Å². The predicted octanol–water partition coefficient (Wildman–Crippen LogP) is 0.823. The number of aromatic nitrogens is 5. The van der Waals surface area contributed by atoms with Gasteiger partial charge in [0.25, 0.3) is 0 Å². The Labute approximate surface area is 114 Å². The Morgan fingerprint density at radius 1 is 1.10 bits per heavy atom. The highest BCUT2D eigenvalue weighted by Gasteiger charge is 2.07. The molecule has 20 heavy (non-hydrogen) atoms. The van der Waals surface area contributed by atoms with E-state index in [1.54, 1.807) is 47.8 Å². The van der Waals surface area contributed by atoms with Crippen molar-refractivity contribution < 1.29 is 4.79 Å². The summed E-state index contributed by atoms with van der Waals surface area (Å²) in [4.78, 5) is 23.3. The average molecular weight is 266 g/mol. The Balaban J connectivity index is 1.98. The van der Waals surface area contributed by atoms with Crippen molar-refractivity contribution in [1.29, 1.82) is 0 Å². The first kappa shape index (κ1) is 12.0. The molecule has 0 aliphatic rings. The fourth-order valence-corrected chi connectivity index (χ4v) is 1.72. The summed E-state index contributed by atoms with van der Waals surface area (Å²) in [6, 6.07) is 3.43. The van der Waals surface area contributed by atoms with Gasteiger partial charge in [-0.25, -0.2) is 4.68 Å². The van der Waals surface area contributed by atoms with Crippen molar-refractivity contribution in [1.82, 2.24) is 24.7 Å². The second kappa shape index (κ2) is 4.88. The Morgan fingerprint density at radius 3 is 2.75 bits per heavy atom. The molecule has 0 saturated carbocycles. The third-order valence-corrected chi connectivity index (χ3v) is 2.69. The molecule has 0 atom stereocenters. The molecule has 3 aromatic heterocycles. The first-order valence-electron chi connectivity index (χ1n) is 5.81. The summed E-state index contributed by atoms with van der Waals surface area (Å²) < 4.78 is 1.60. The summed E-state index contributed by atoms with van der Waals surface area (Å²) in [6.07, 6.45) is 9.60. The van der Waals surface area contributed by atoms with Crippen LogP contribution in [0.3, 0.4) is 0 Å². The summed E-state index contributed by atoms with van der Waals surface area (Å²) in [7, 11) is 0. The maximum absolute atomic E-state index is 11.1. The van der Waals surface area contributed by atoms with Gasteiger partial charge in [0.1, 0.15) is 11.4 Å². The van der Waals surface area contributed by atoms with Crippen LogP contribution in [0.5, 0.6) is 0 Å². The van der Waals surface area contributed by atoms with Gasteiger partial charge < -0.3 is 5.73 Å². The molecular weight excluding hydrogens is 256 g/mol. The molecule has 0 spiro atoms. The fourth-order valence-electron chi connectivity index (χ4n) is 1.72. The molecule has 3 rings (SSSR count). The minimum atomic E-state index is -0.527. The van der Waals surface area contributed by atoms with E-state index in [0.29, 0.717) is 22.6 Å². The van der Waals surface area contributed by atoms with Gasteiger partial charge in [-0.1, -0.05) is 0 Å². The third kappa shape index (κ3) is 2.24. The molecule has 3 aromatic rings. The van der Waals surface area contributed by atoms with E-state index in [2.05, 4.69) is 20.1 Å². The van der Waals surface area contributed by atoms with Crippen LogP contribution in [0.15, 0.2) is 49.3 Å². The van der Waals surface area contributed by atoms with Crippen molar-refractivity contribution in [2.24, 2.45) is 5.73 Å². The van der Waals surface area contributed by atoms with Gasteiger partial charge in [-0.05, 0) is 12.1 Å². The summed E-state index contributed by atoms with van der Waals surface area (Å²) in [5.41, 5.74) is 7.57. The Morgan fingerprint density at radius 2 is 2.00 bits per heavy atom. The first-order chi connectivity index (χ1) is 9.74. The molecule has 0 aliphatic heterocycles. The Hall–Kier alpha value is -3.09. The van der Waals surface area contributed by atoms with Crippen LogP contribution in [0, 0.1) is 0 Å². The predicted molar refractivity (Wildman–Crippen MR) is 70.9 cm³/mol. The van der Waals surface area contributed by atoms with Crippen LogP contribution in [-0.2, 0) is 0 Å². The van der Waals surface area contributed by atoms with Gasteiger partial charge in [-0.3, -0.25) is 19.7 Å². The lowest BCUT2D eigenvalue weighted by Crippen LogP contribution is -2.12. The van der Waals surface area contributed by atoms with Crippen LogP contribution in [0.25, 0.3) is 17.1 Å². The number of nitrogens with two attached hydrogens (primary N) is 1. The maximum Gasteiger partial charge on any atom is 0.250 e. The summed E-state index contributed by atoms with van der Waals surface area (Å²) in [6.45, 7) is 0. The smallest absolute Gasteiger partial charge is 0.250 e. The number of primary amides is 1. The van der Waals surface area contributed by atoms with Crippen LogP contribution in [0.2, 0.25) is 0 Å². The number of hydrogen-bond acceptors (Lipinski definition) is 5. The Kier molecular flexibility index (Phi) is 2.92. The molecule has 0 saturated heterocycles. The molecule has 0 bridgehead atoms. The van der Waals surface area contributed by atoms with Crippen molar-refractivity contribution in [2.45, 2.75) is 0 Å². The van der Waals surface area contributed by atoms with E-state index < -0.39 is 5.91 Å². The largest absolute Gasteiger partial charge is 0.366 e. The van der Waals surface area contributed by atoms with Crippen LogP contribution in [-0.4, -0.2) is 30.6 Å². The van der Waals surface area contributed by atoms with Crippen LogP contribution in [0.1, 0.15) is 10.4 Å². The number of carbonyl (C=O) groups excluding carboxylic acids is 1. The van der Waals surface area contributed by atoms with Gasteiger partial charge in [0, 0.05) is 24.8 Å². The van der Waals surface area contributed by atoms with Crippen molar-refractivity contribution in [3.8, 4) is 17.1 Å². The zero-order chi connectivity index (χ0) is 13.9. The molecule has 0 aliphatic carbocycles. The lowest BCUT2D eigenvalue weighted by molar-refractivity contribution is 0.1000. The molecule has 98 valence electrons. The third-order valence-electron chi connectivity index (χ3n) is 2.69. The molecule has 0 radical (unpaired) electrons. The van der Waals surface area contributed by atoms with Gasteiger partial charge in [-0.2, -0.15) is 5.10 Å². The Bertz CT molecular complexity index is 752. The molecule has 3 heterocycles. The van der Waals surface area contributed by atoms with E-state index in [-0.39, 0.29) is 0 Å². The molecule has 7 heteroatoms. The minimum absolute atomic E-state index is 0.332. The molecule has 0 unspecified atom stereocenters. The monoisotopic (exact) mass is 266 g/mol. The number of amides is 1. The molecule has 1 amide bonds. The highest BCUT2D eigenvalue weighted by molar-refractivity contribution is 5.92. The van der Waals surface area contributed by atoms with Crippen LogP contribution < -0.4 is 5.73 Å². The zero-order valence-electron chi connectivity index (χ0n) is 10.3. The topological polar surface area (TPSA) is 99.6 Å². The normalized spacial score (nSPS) is 10.4. The number of pyridine rings is 1. The van der Waals surface area contributed by atoms with Crippen molar-refractivity contribution in [3.63, 3.8) is 0 Å². The number of nitrogens with zero attached hydrogens (tertiary/aromatic N) is 5. The van der Waals surface area contributed by atoms with Crippen molar-refractivity contribution in [2.75, 3.05) is 0 Å². The van der Waals surface area contributed by atoms with Gasteiger partial charge in [-0.15, -0.1) is 0 Å². The van der Waals surface area contributed by atoms with Gasteiger partial charge in [0.2, 0.25) is 5.91 Å². The average Bonchev–Trinajstić information content (AvgIpc) is 2.98. The van der Waals surface area contributed by atoms with Gasteiger partial charge >= 0.3 is 0 Å². The molecule has 2 N–H and O–H groups in total. The summed E-state index contributed by atoms with van der Waals surface area (Å²) in [5.74, 6) is -0.527. The number of carbonyl (C=O) groups is 1. The van der Waals surface area contributed by atoms with Gasteiger partial charge in [0.15, 0.2) is 0 Å². The highest BCUT2D eigenvalue weighted by Crippen LogP contribution is 2.15. The zero-order valence-corrected chi connectivity index (χ0v) is 10.3. The molecule has 0 fully saturated rings. The van der Waals surface area contributed by atoms with Crippen molar-refractivity contribution >= 4 is 5.91 Å². The molecular formula is C13H10N6O. The number of hydrogen-bond donors (Lipinski definition) is 1. The van der Waals surface area contributed by atoms with E-state index in [4.69, 9.17) is 5.73 Å². The lowest BCUT2D eigenvalue weighted by atomic mass is 10.2. The van der Waals surface area contributed by atoms with E-state index in [1.165, 1.54) is 6.20 Å². The maximum atomic E-state index is 11.1. The van der Waals surface area contributed by atoms with E-state index >= 15 is 0 Å². The van der Waals surface area contributed by atoms with E-state index in [0.717, 1.165) is 0 Å². The lowest BCUT2D eigenvalue weighted by Gasteiger charge is -2.02. The summed E-state index contributed by atoms with van der Waals surface area (Å²) >= 11 is 0. The molecule has 0 aromatic carbocycles. The summed E-state index contributed by atoms with van der Waals surface area (Å²) in [5, 5.41) is 4.37. The molecule has 7 nitrogen and oxygen atoms in total. The fraction of sp³-hybridized carbons (Fsp3) is 0. The number of rotatable bonds is 3. The van der Waals surface area contributed by atoms with Crippen LogP contribution in [0.4, 0.5) is 0 Å². The SMILES string of the molecule is NC(=O)c1cncc(-n2ccc(-c3cnccn3)n2)c1. The minimum Gasteiger partial charge on any atom is -0.366 e. The van der Waals surface area contributed by atoms with Gasteiger partial charge in [0.05, 0.1) is 23.6 Å². The van der Waals surface area contributed by atoms with Crippen LogP contribution >= 0.6 is 0 Å². The second-order valence-corrected chi connectivity index (χ2v) is 4.03. The van der Waals surface area contributed by atoms with E-state index in [1.807, 2.05) is 0 Å². The first-order valence-corrected chi connectivity index (χ1v) is 5.81. The van der Waals surface area contributed by atoms with Crippen molar-refractivity contribution in [3.05, 3.63) is 54.9 Å². The quantitative estimate of drug-likeness (QED) is 0.756. The second-order valence-electron chi connectivity index (χ2n) is 4.03. The highest BCUT2D eigenvalue weighted by atomic mass is 16.1.